The fourth-order valence-electron chi connectivity index (χ4n) is 1.89. The minimum Gasteiger partial charge on any atom is -0.490 e. The summed E-state index contributed by atoms with van der Waals surface area (Å²) in [6, 6.07) is 8.73. The Labute approximate surface area is 156 Å². The van der Waals surface area contributed by atoms with Gasteiger partial charge in [0.2, 0.25) is 0 Å². The van der Waals surface area contributed by atoms with Gasteiger partial charge in [0.25, 0.3) is 11.8 Å². The number of nitrogens with zero attached hydrogens (tertiary/aromatic N) is 2. The van der Waals surface area contributed by atoms with Gasteiger partial charge in [0.05, 0.1) is 17.7 Å². The zero-order valence-corrected chi connectivity index (χ0v) is 15.7. The van der Waals surface area contributed by atoms with Gasteiger partial charge in [0.1, 0.15) is 0 Å². The number of hydrazone groups is 1. The molecule has 0 radical (unpaired) electrons. The third-order valence-electron chi connectivity index (χ3n) is 3.24. The standard InChI is InChI=1S/C18H21N3O4S/c1-4-24-15-10-13(7-8-14(15)25-12-17(22)21(2)3)11-19-20-18(23)16-6-5-9-26-16/h5-11H,4,12H2,1-3H3,(H,20,23)/b19-11-. The molecule has 0 unspecified atom stereocenters. The molecule has 0 atom stereocenters. The predicted octanol–water partition coefficient (Wildman–Crippen LogP) is 2.38. The van der Waals surface area contributed by atoms with E-state index in [0.717, 1.165) is 5.56 Å². The van der Waals surface area contributed by atoms with Crippen LogP contribution in [-0.2, 0) is 4.79 Å². The number of thiophene rings is 1. The minimum absolute atomic E-state index is 0.0720. The second-order valence-corrected chi connectivity index (χ2v) is 6.34. The van der Waals surface area contributed by atoms with E-state index in [2.05, 4.69) is 10.5 Å². The van der Waals surface area contributed by atoms with E-state index in [-0.39, 0.29) is 18.4 Å². The SMILES string of the molecule is CCOc1cc(/C=N\NC(=O)c2cccs2)ccc1OCC(=O)N(C)C. The molecule has 0 aliphatic carbocycles. The van der Waals surface area contributed by atoms with Crippen molar-refractivity contribution < 1.29 is 19.1 Å². The first-order valence-corrected chi connectivity index (χ1v) is 8.86. The van der Waals surface area contributed by atoms with Gasteiger partial charge in [-0.25, -0.2) is 5.43 Å². The molecule has 1 heterocycles. The van der Waals surface area contributed by atoms with Crippen LogP contribution in [0, 0.1) is 0 Å². The van der Waals surface area contributed by atoms with Gasteiger partial charge in [0, 0.05) is 14.1 Å². The van der Waals surface area contributed by atoms with Gasteiger partial charge in [-0.2, -0.15) is 5.10 Å². The molecule has 2 aromatic rings. The van der Waals surface area contributed by atoms with Gasteiger partial charge in [-0.3, -0.25) is 9.59 Å². The normalized spacial score (nSPS) is 10.6. The van der Waals surface area contributed by atoms with Crippen molar-refractivity contribution in [3.05, 3.63) is 46.2 Å². The van der Waals surface area contributed by atoms with Crippen molar-refractivity contribution >= 4 is 29.4 Å². The van der Waals surface area contributed by atoms with Crippen LogP contribution in [0.1, 0.15) is 22.2 Å². The number of carbonyl (C=O) groups is 2. The fourth-order valence-corrected chi connectivity index (χ4v) is 2.50. The molecule has 0 fully saturated rings. The van der Waals surface area contributed by atoms with E-state index in [0.29, 0.717) is 23.0 Å². The number of hydrogen-bond donors (Lipinski definition) is 1. The van der Waals surface area contributed by atoms with Crippen LogP contribution >= 0.6 is 11.3 Å². The molecule has 0 aliphatic heterocycles. The first kappa shape index (κ1) is 19.5. The number of hydrogen-bond acceptors (Lipinski definition) is 6. The summed E-state index contributed by atoms with van der Waals surface area (Å²) in [7, 11) is 3.33. The van der Waals surface area contributed by atoms with Gasteiger partial charge >= 0.3 is 0 Å². The Morgan fingerprint density at radius 1 is 1.23 bits per heavy atom. The first-order valence-electron chi connectivity index (χ1n) is 7.98. The quantitative estimate of drug-likeness (QED) is 0.567. The largest absolute Gasteiger partial charge is 0.490 e. The van der Waals surface area contributed by atoms with Crippen molar-refractivity contribution in [2.75, 3.05) is 27.3 Å². The number of nitrogens with one attached hydrogen (secondary N) is 1. The molecule has 1 aromatic carbocycles. The number of rotatable bonds is 8. The van der Waals surface area contributed by atoms with Gasteiger partial charge in [-0.05, 0) is 42.1 Å². The van der Waals surface area contributed by atoms with E-state index in [1.165, 1.54) is 22.5 Å². The van der Waals surface area contributed by atoms with Gasteiger partial charge < -0.3 is 14.4 Å². The van der Waals surface area contributed by atoms with Crippen molar-refractivity contribution in [2.45, 2.75) is 6.92 Å². The molecule has 2 amide bonds. The Morgan fingerprint density at radius 2 is 2.04 bits per heavy atom. The topological polar surface area (TPSA) is 80.2 Å². The number of ether oxygens (including phenoxy) is 2. The fraction of sp³-hybridized carbons (Fsp3) is 0.278. The first-order chi connectivity index (χ1) is 12.5. The van der Waals surface area contributed by atoms with Crippen LogP contribution in [0.15, 0.2) is 40.8 Å². The number of carbonyl (C=O) groups excluding carboxylic acids is 2. The van der Waals surface area contributed by atoms with Crippen LogP contribution in [0.3, 0.4) is 0 Å². The van der Waals surface area contributed by atoms with Crippen LogP contribution in [0.25, 0.3) is 0 Å². The second-order valence-electron chi connectivity index (χ2n) is 5.39. The van der Waals surface area contributed by atoms with Crippen molar-refractivity contribution in [3.63, 3.8) is 0 Å². The maximum atomic E-state index is 11.8. The summed E-state index contributed by atoms with van der Waals surface area (Å²) in [5.74, 6) is 0.576. The highest BCUT2D eigenvalue weighted by atomic mass is 32.1. The Kier molecular flexibility index (Phi) is 7.16. The van der Waals surface area contributed by atoms with E-state index >= 15 is 0 Å². The number of benzene rings is 1. The Morgan fingerprint density at radius 3 is 2.69 bits per heavy atom. The van der Waals surface area contributed by atoms with E-state index < -0.39 is 0 Å². The van der Waals surface area contributed by atoms with Crippen LogP contribution < -0.4 is 14.9 Å². The van der Waals surface area contributed by atoms with E-state index in [9.17, 15) is 9.59 Å². The lowest BCUT2D eigenvalue weighted by molar-refractivity contribution is -0.130. The summed E-state index contributed by atoms with van der Waals surface area (Å²) in [5, 5.41) is 5.78. The van der Waals surface area contributed by atoms with Crippen molar-refractivity contribution in [1.82, 2.24) is 10.3 Å². The van der Waals surface area contributed by atoms with E-state index in [1.807, 2.05) is 12.3 Å². The van der Waals surface area contributed by atoms with Crippen molar-refractivity contribution in [2.24, 2.45) is 5.10 Å². The molecule has 1 N–H and O–H groups in total. The van der Waals surface area contributed by atoms with Crippen LogP contribution in [0.2, 0.25) is 0 Å². The molecule has 1 aromatic heterocycles. The monoisotopic (exact) mass is 375 g/mol. The molecular weight excluding hydrogens is 354 g/mol. The lowest BCUT2D eigenvalue weighted by Crippen LogP contribution is -2.27. The van der Waals surface area contributed by atoms with Crippen molar-refractivity contribution in [1.29, 1.82) is 0 Å². The molecule has 0 bridgehead atoms. The molecule has 26 heavy (non-hydrogen) atoms. The van der Waals surface area contributed by atoms with Gasteiger partial charge in [-0.1, -0.05) is 6.07 Å². The molecule has 0 aliphatic rings. The van der Waals surface area contributed by atoms with E-state index in [4.69, 9.17) is 9.47 Å². The second kappa shape index (κ2) is 9.57. The smallest absolute Gasteiger partial charge is 0.281 e. The molecule has 138 valence electrons. The molecular formula is C18H21N3O4S. The average Bonchev–Trinajstić information content (AvgIpc) is 3.15. The highest BCUT2D eigenvalue weighted by Crippen LogP contribution is 2.28. The Hall–Kier alpha value is -2.87. The summed E-state index contributed by atoms with van der Waals surface area (Å²) < 4.78 is 11.1. The molecule has 2 rings (SSSR count). The zero-order valence-electron chi connectivity index (χ0n) is 14.9. The summed E-state index contributed by atoms with van der Waals surface area (Å²) >= 11 is 1.34. The predicted molar refractivity (Wildman–Crippen MR) is 101 cm³/mol. The lowest BCUT2D eigenvalue weighted by atomic mass is 10.2. The number of likely N-dealkylation sites (N-methyl/N-ethyl adjacent to an activating group) is 1. The summed E-state index contributed by atoms with van der Waals surface area (Å²) in [6.45, 7) is 2.24. The lowest BCUT2D eigenvalue weighted by Gasteiger charge is -2.14. The molecule has 8 heteroatoms. The van der Waals surface area contributed by atoms with Gasteiger partial charge in [-0.15, -0.1) is 11.3 Å². The number of amides is 2. The Bertz CT molecular complexity index is 773. The van der Waals surface area contributed by atoms with Crippen molar-refractivity contribution in [3.8, 4) is 11.5 Å². The van der Waals surface area contributed by atoms with Crippen LogP contribution in [0.5, 0.6) is 11.5 Å². The summed E-state index contributed by atoms with van der Waals surface area (Å²) in [4.78, 5) is 25.5. The van der Waals surface area contributed by atoms with E-state index in [1.54, 1.807) is 44.4 Å². The maximum absolute atomic E-state index is 11.8. The molecule has 0 saturated carbocycles. The maximum Gasteiger partial charge on any atom is 0.281 e. The highest BCUT2D eigenvalue weighted by molar-refractivity contribution is 7.12. The average molecular weight is 375 g/mol. The van der Waals surface area contributed by atoms with Gasteiger partial charge in [0.15, 0.2) is 18.1 Å². The minimum atomic E-state index is -0.261. The third-order valence-corrected chi connectivity index (χ3v) is 4.11. The highest BCUT2D eigenvalue weighted by Gasteiger charge is 2.10. The molecule has 0 spiro atoms. The molecule has 0 saturated heterocycles. The van der Waals surface area contributed by atoms with Crippen LogP contribution in [0.4, 0.5) is 0 Å². The third kappa shape index (κ3) is 5.59. The molecule has 7 nitrogen and oxygen atoms in total. The van der Waals surface area contributed by atoms with Crippen LogP contribution in [-0.4, -0.2) is 50.2 Å². The zero-order chi connectivity index (χ0) is 18.9. The summed E-state index contributed by atoms with van der Waals surface area (Å²) in [6.07, 6.45) is 1.52. The summed E-state index contributed by atoms with van der Waals surface area (Å²) in [5.41, 5.74) is 3.20. The Balaban J connectivity index is 2.03.